The molecule has 1 unspecified atom stereocenters. The van der Waals surface area contributed by atoms with Gasteiger partial charge in [-0.3, -0.25) is 0 Å². The van der Waals surface area contributed by atoms with Crippen molar-refractivity contribution in [1.82, 2.24) is 5.06 Å². The summed E-state index contributed by atoms with van der Waals surface area (Å²) in [6.45, 7) is 0.820. The van der Waals surface area contributed by atoms with Crippen molar-refractivity contribution in [2.24, 2.45) is 0 Å². The number of aliphatic hydroxyl groups is 1. The third-order valence-electron chi connectivity index (χ3n) is 1.69. The molecule has 1 heterocycles. The lowest BCUT2D eigenvalue weighted by Crippen LogP contribution is -2.30. The van der Waals surface area contributed by atoms with E-state index in [2.05, 4.69) is 4.84 Å². The molecular formula is C6H10N2O2. The summed E-state index contributed by atoms with van der Waals surface area (Å²) in [5, 5.41) is 18.4. The minimum absolute atomic E-state index is 0.0275. The van der Waals surface area contributed by atoms with Crippen molar-refractivity contribution >= 4 is 0 Å². The average Bonchev–Trinajstić information content (AvgIpc) is 2.36. The van der Waals surface area contributed by atoms with E-state index < -0.39 is 0 Å². The molecule has 1 saturated heterocycles. The number of hydrogen-bond donors (Lipinski definition) is 1. The van der Waals surface area contributed by atoms with Crippen LogP contribution in [0.3, 0.4) is 0 Å². The molecule has 0 aromatic rings. The minimum Gasteiger partial charge on any atom is -0.395 e. The molecular weight excluding hydrogens is 132 g/mol. The number of nitriles is 1. The fraction of sp³-hybridized carbons (Fsp3) is 0.833. The Hall–Kier alpha value is -0.790. The summed E-state index contributed by atoms with van der Waals surface area (Å²) in [5.41, 5.74) is 0. The summed E-state index contributed by atoms with van der Waals surface area (Å²) < 4.78 is 0. The maximum Gasteiger partial charge on any atom is 0.307 e. The maximum absolute atomic E-state index is 8.73. The van der Waals surface area contributed by atoms with E-state index in [0.29, 0.717) is 0 Å². The zero-order chi connectivity index (χ0) is 7.40. The van der Waals surface area contributed by atoms with Crippen LogP contribution in [0.5, 0.6) is 0 Å². The molecule has 0 spiro atoms. The van der Waals surface area contributed by atoms with E-state index in [4.69, 9.17) is 10.4 Å². The van der Waals surface area contributed by atoms with Gasteiger partial charge >= 0.3 is 6.26 Å². The molecule has 56 valence electrons. The first kappa shape index (κ1) is 7.32. The highest BCUT2D eigenvalue weighted by molar-refractivity contribution is 4.73. The zero-order valence-corrected chi connectivity index (χ0v) is 5.66. The van der Waals surface area contributed by atoms with Crippen LogP contribution in [0.2, 0.25) is 0 Å². The van der Waals surface area contributed by atoms with Crippen LogP contribution in [0.15, 0.2) is 0 Å². The smallest absolute Gasteiger partial charge is 0.307 e. The van der Waals surface area contributed by atoms with Gasteiger partial charge in [0.2, 0.25) is 0 Å². The number of hydroxylamine groups is 2. The van der Waals surface area contributed by atoms with Crippen molar-refractivity contribution in [2.45, 2.75) is 18.9 Å². The SMILES string of the molecule is N#CON1CCCC1CO. The second-order valence-electron chi connectivity index (χ2n) is 2.30. The Morgan fingerprint density at radius 3 is 3.20 bits per heavy atom. The zero-order valence-electron chi connectivity index (χ0n) is 5.66. The van der Waals surface area contributed by atoms with Gasteiger partial charge in [-0.1, -0.05) is 0 Å². The summed E-state index contributed by atoms with van der Waals surface area (Å²) in [6.07, 6.45) is 3.50. The molecule has 0 amide bonds. The van der Waals surface area contributed by atoms with E-state index in [-0.39, 0.29) is 12.6 Å². The third kappa shape index (κ3) is 1.38. The van der Waals surface area contributed by atoms with Crippen molar-refractivity contribution in [3.8, 4) is 6.26 Å². The second-order valence-corrected chi connectivity index (χ2v) is 2.30. The monoisotopic (exact) mass is 142 g/mol. The molecule has 0 radical (unpaired) electrons. The van der Waals surface area contributed by atoms with Gasteiger partial charge in [-0.25, -0.2) is 0 Å². The molecule has 4 heteroatoms. The highest BCUT2D eigenvalue weighted by Gasteiger charge is 2.25. The minimum atomic E-state index is 0.0275. The fourth-order valence-corrected chi connectivity index (χ4v) is 1.16. The van der Waals surface area contributed by atoms with Crippen LogP contribution in [-0.4, -0.2) is 29.4 Å². The highest BCUT2D eigenvalue weighted by atomic mass is 16.7. The van der Waals surface area contributed by atoms with Crippen LogP contribution < -0.4 is 0 Å². The van der Waals surface area contributed by atoms with Gasteiger partial charge in [0.15, 0.2) is 0 Å². The Labute approximate surface area is 59.6 Å². The summed E-state index contributed by atoms with van der Waals surface area (Å²) in [4.78, 5) is 4.59. The van der Waals surface area contributed by atoms with Gasteiger partial charge < -0.3 is 9.94 Å². The molecule has 1 rings (SSSR count). The lowest BCUT2D eigenvalue weighted by molar-refractivity contribution is -0.113. The van der Waals surface area contributed by atoms with Crippen molar-refractivity contribution in [3.05, 3.63) is 0 Å². The van der Waals surface area contributed by atoms with Crippen LogP contribution in [0.25, 0.3) is 0 Å². The molecule has 1 fully saturated rings. The standard InChI is InChI=1S/C6H10N2O2/c7-5-10-8-3-1-2-6(8)4-9/h6,9H,1-4H2. The molecule has 0 bridgehead atoms. The highest BCUT2D eigenvalue weighted by Crippen LogP contribution is 2.15. The summed E-state index contributed by atoms with van der Waals surface area (Å²) in [6, 6.07) is 0.0275. The maximum atomic E-state index is 8.73. The first-order chi connectivity index (χ1) is 4.88. The Morgan fingerprint density at radius 1 is 1.80 bits per heavy atom. The molecule has 0 saturated carbocycles. The molecule has 0 aliphatic carbocycles. The van der Waals surface area contributed by atoms with Gasteiger partial charge in [-0.15, -0.1) is 10.3 Å². The van der Waals surface area contributed by atoms with Crippen molar-refractivity contribution in [2.75, 3.05) is 13.2 Å². The van der Waals surface area contributed by atoms with Crippen molar-refractivity contribution in [1.29, 1.82) is 5.26 Å². The van der Waals surface area contributed by atoms with Crippen LogP contribution in [0.1, 0.15) is 12.8 Å². The van der Waals surface area contributed by atoms with E-state index in [1.165, 1.54) is 5.06 Å². The molecule has 0 aromatic heterocycles. The van der Waals surface area contributed by atoms with Crippen molar-refractivity contribution in [3.63, 3.8) is 0 Å². The van der Waals surface area contributed by atoms with Crippen LogP contribution >= 0.6 is 0 Å². The van der Waals surface area contributed by atoms with E-state index in [0.717, 1.165) is 19.4 Å². The topological polar surface area (TPSA) is 56.5 Å². The normalized spacial score (nSPS) is 26.2. The number of rotatable bonds is 2. The van der Waals surface area contributed by atoms with Crippen LogP contribution in [0.4, 0.5) is 0 Å². The average molecular weight is 142 g/mol. The number of hydrogen-bond acceptors (Lipinski definition) is 4. The molecule has 10 heavy (non-hydrogen) atoms. The fourth-order valence-electron chi connectivity index (χ4n) is 1.16. The first-order valence-corrected chi connectivity index (χ1v) is 3.32. The van der Waals surface area contributed by atoms with E-state index >= 15 is 0 Å². The number of aliphatic hydroxyl groups excluding tert-OH is 1. The molecule has 1 aliphatic heterocycles. The molecule has 1 aliphatic rings. The lowest BCUT2D eigenvalue weighted by Gasteiger charge is -2.16. The molecule has 1 N–H and O–H groups in total. The van der Waals surface area contributed by atoms with Gasteiger partial charge in [0, 0.05) is 6.54 Å². The second kappa shape index (κ2) is 3.40. The Morgan fingerprint density at radius 2 is 2.60 bits per heavy atom. The first-order valence-electron chi connectivity index (χ1n) is 3.32. The van der Waals surface area contributed by atoms with Crippen LogP contribution in [-0.2, 0) is 4.84 Å². The van der Waals surface area contributed by atoms with E-state index in [9.17, 15) is 0 Å². The molecule has 1 atom stereocenters. The van der Waals surface area contributed by atoms with E-state index in [1.54, 1.807) is 6.26 Å². The Bertz CT molecular complexity index is 143. The van der Waals surface area contributed by atoms with E-state index in [1.807, 2.05) is 0 Å². The number of nitrogens with zero attached hydrogens (tertiary/aromatic N) is 2. The Kier molecular flexibility index (Phi) is 2.49. The third-order valence-corrected chi connectivity index (χ3v) is 1.69. The predicted molar refractivity (Wildman–Crippen MR) is 33.5 cm³/mol. The van der Waals surface area contributed by atoms with Gasteiger partial charge in [-0.05, 0) is 12.8 Å². The summed E-state index contributed by atoms with van der Waals surface area (Å²) >= 11 is 0. The van der Waals surface area contributed by atoms with Gasteiger partial charge in [-0.2, -0.15) is 0 Å². The molecule has 4 nitrogen and oxygen atoms in total. The van der Waals surface area contributed by atoms with Crippen LogP contribution in [0, 0.1) is 11.5 Å². The van der Waals surface area contributed by atoms with Gasteiger partial charge in [0.25, 0.3) is 0 Å². The van der Waals surface area contributed by atoms with Gasteiger partial charge in [0.05, 0.1) is 12.6 Å². The summed E-state index contributed by atoms with van der Waals surface area (Å²) in [7, 11) is 0. The summed E-state index contributed by atoms with van der Waals surface area (Å²) in [5.74, 6) is 0. The predicted octanol–water partition coefficient (Wildman–Crippen LogP) is -0.144. The van der Waals surface area contributed by atoms with Crippen molar-refractivity contribution < 1.29 is 9.94 Å². The quantitative estimate of drug-likeness (QED) is 0.545. The van der Waals surface area contributed by atoms with Gasteiger partial charge in [0.1, 0.15) is 0 Å². The lowest BCUT2D eigenvalue weighted by atomic mass is 10.2. The molecule has 0 aromatic carbocycles. The Balaban J connectivity index is 2.36. The largest absolute Gasteiger partial charge is 0.395 e.